The average Bonchev–Trinajstić information content (AvgIpc) is 2.94. The van der Waals surface area contributed by atoms with Gasteiger partial charge in [0.1, 0.15) is 11.4 Å². The van der Waals surface area contributed by atoms with E-state index in [1.807, 2.05) is 12.1 Å². The van der Waals surface area contributed by atoms with Crippen LogP contribution in [0.5, 0.6) is 0 Å². The Bertz CT molecular complexity index is 523. The normalized spacial score (nSPS) is 24.7. The first-order valence-corrected chi connectivity index (χ1v) is 6.01. The van der Waals surface area contributed by atoms with Crippen LogP contribution in [0.2, 0.25) is 0 Å². The van der Waals surface area contributed by atoms with Crippen LogP contribution < -0.4 is 4.90 Å². The molecule has 17 heavy (non-hydrogen) atoms. The molecule has 2 aromatic heterocycles. The van der Waals surface area contributed by atoms with Crippen LogP contribution in [-0.4, -0.2) is 29.3 Å². The van der Waals surface area contributed by atoms with Crippen molar-refractivity contribution in [3.63, 3.8) is 0 Å². The lowest BCUT2D eigenvalue weighted by molar-refractivity contribution is 0.244. The van der Waals surface area contributed by atoms with Gasteiger partial charge in [0, 0.05) is 12.7 Å². The molecular weight excluding hydrogens is 216 g/mol. The summed E-state index contributed by atoms with van der Waals surface area (Å²) in [6.45, 7) is 3.30. The number of anilines is 1. The van der Waals surface area contributed by atoms with Gasteiger partial charge in [0.15, 0.2) is 0 Å². The quantitative estimate of drug-likeness (QED) is 0.860. The highest BCUT2D eigenvalue weighted by molar-refractivity contribution is 5.88. The maximum atomic E-state index is 9.50. The molecule has 1 aliphatic heterocycles. The van der Waals surface area contributed by atoms with Crippen LogP contribution in [-0.2, 0) is 0 Å². The highest BCUT2D eigenvalue weighted by Crippen LogP contribution is 2.33. The molecule has 90 valence electrons. The second kappa shape index (κ2) is 4.04. The summed E-state index contributed by atoms with van der Waals surface area (Å²) in [4.78, 5) is 6.65. The van der Waals surface area contributed by atoms with Crippen molar-refractivity contribution in [1.29, 1.82) is 0 Å². The van der Waals surface area contributed by atoms with Crippen molar-refractivity contribution in [3.8, 4) is 0 Å². The Kier molecular flexibility index (Phi) is 2.52. The maximum Gasteiger partial charge on any atom is 0.140 e. The molecule has 0 bridgehead atoms. The second-order valence-electron chi connectivity index (χ2n) is 4.68. The zero-order valence-corrected chi connectivity index (χ0v) is 9.84. The third kappa shape index (κ3) is 1.60. The summed E-state index contributed by atoms with van der Waals surface area (Å²) >= 11 is 0. The van der Waals surface area contributed by atoms with Gasteiger partial charge < -0.3 is 14.4 Å². The minimum Gasteiger partial charge on any atom is -0.464 e. The van der Waals surface area contributed by atoms with Gasteiger partial charge in [0.05, 0.1) is 24.3 Å². The molecule has 3 heterocycles. The SMILES string of the molecule is CC1CCN(c2nccc3occc23)C1CO. The smallest absolute Gasteiger partial charge is 0.140 e. The average molecular weight is 232 g/mol. The van der Waals surface area contributed by atoms with Crippen molar-refractivity contribution in [3.05, 3.63) is 24.6 Å². The Morgan fingerprint density at radius 2 is 2.41 bits per heavy atom. The van der Waals surface area contributed by atoms with Gasteiger partial charge in [-0.15, -0.1) is 0 Å². The van der Waals surface area contributed by atoms with Gasteiger partial charge in [-0.2, -0.15) is 0 Å². The van der Waals surface area contributed by atoms with E-state index in [-0.39, 0.29) is 12.6 Å². The van der Waals surface area contributed by atoms with E-state index < -0.39 is 0 Å². The number of furan rings is 1. The first kappa shape index (κ1) is 10.6. The molecule has 1 aliphatic rings. The van der Waals surface area contributed by atoms with Crippen LogP contribution in [0.1, 0.15) is 13.3 Å². The molecule has 2 atom stereocenters. The van der Waals surface area contributed by atoms with E-state index in [1.165, 1.54) is 0 Å². The first-order chi connectivity index (χ1) is 8.31. The van der Waals surface area contributed by atoms with Crippen molar-refractivity contribution < 1.29 is 9.52 Å². The number of aliphatic hydroxyl groups excluding tert-OH is 1. The standard InChI is InChI=1S/C13H16N2O2/c1-9-3-6-15(11(9)8-16)13-10-4-7-17-12(10)2-5-14-13/h2,4-5,7,9,11,16H,3,6,8H2,1H3. The third-order valence-corrected chi connectivity index (χ3v) is 3.70. The molecule has 1 saturated heterocycles. The van der Waals surface area contributed by atoms with Gasteiger partial charge in [-0.3, -0.25) is 0 Å². The van der Waals surface area contributed by atoms with Gasteiger partial charge in [-0.1, -0.05) is 6.92 Å². The fourth-order valence-corrected chi connectivity index (χ4v) is 2.66. The minimum absolute atomic E-state index is 0.169. The van der Waals surface area contributed by atoms with Crippen molar-refractivity contribution in [1.82, 2.24) is 4.98 Å². The van der Waals surface area contributed by atoms with Gasteiger partial charge >= 0.3 is 0 Å². The van der Waals surface area contributed by atoms with E-state index in [2.05, 4.69) is 16.8 Å². The number of aliphatic hydroxyl groups is 1. The number of hydrogen-bond donors (Lipinski definition) is 1. The van der Waals surface area contributed by atoms with Crippen molar-refractivity contribution in [2.24, 2.45) is 5.92 Å². The monoisotopic (exact) mass is 232 g/mol. The summed E-state index contributed by atoms with van der Waals surface area (Å²) < 4.78 is 5.38. The van der Waals surface area contributed by atoms with Crippen LogP contribution in [0.3, 0.4) is 0 Å². The fourth-order valence-electron chi connectivity index (χ4n) is 2.66. The molecule has 2 unspecified atom stereocenters. The predicted molar refractivity (Wildman–Crippen MR) is 66.0 cm³/mol. The Hall–Kier alpha value is -1.55. The molecule has 0 spiro atoms. The molecule has 0 radical (unpaired) electrons. The molecule has 3 rings (SSSR count). The van der Waals surface area contributed by atoms with Gasteiger partial charge in [-0.25, -0.2) is 4.98 Å². The summed E-state index contributed by atoms with van der Waals surface area (Å²) in [5, 5.41) is 10.5. The summed E-state index contributed by atoms with van der Waals surface area (Å²) in [5.74, 6) is 1.43. The number of hydrogen-bond acceptors (Lipinski definition) is 4. The van der Waals surface area contributed by atoms with Gasteiger partial charge in [-0.05, 0) is 24.5 Å². The fraction of sp³-hybridized carbons (Fsp3) is 0.462. The molecule has 0 aliphatic carbocycles. The Morgan fingerprint density at radius 3 is 3.24 bits per heavy atom. The highest BCUT2D eigenvalue weighted by atomic mass is 16.3. The van der Waals surface area contributed by atoms with E-state index in [0.717, 1.165) is 29.8 Å². The molecule has 0 saturated carbocycles. The molecule has 4 nitrogen and oxygen atoms in total. The first-order valence-electron chi connectivity index (χ1n) is 6.01. The number of nitrogens with zero attached hydrogens (tertiary/aromatic N) is 2. The van der Waals surface area contributed by atoms with Crippen LogP contribution in [0, 0.1) is 5.92 Å². The minimum atomic E-state index is 0.169. The van der Waals surface area contributed by atoms with Crippen molar-refractivity contribution in [2.75, 3.05) is 18.1 Å². The molecule has 4 heteroatoms. The number of aromatic nitrogens is 1. The van der Waals surface area contributed by atoms with Crippen LogP contribution in [0.25, 0.3) is 11.0 Å². The molecule has 0 amide bonds. The zero-order chi connectivity index (χ0) is 11.8. The maximum absolute atomic E-state index is 9.50. The van der Waals surface area contributed by atoms with E-state index in [9.17, 15) is 5.11 Å². The highest BCUT2D eigenvalue weighted by Gasteiger charge is 2.32. The lowest BCUT2D eigenvalue weighted by Gasteiger charge is -2.26. The van der Waals surface area contributed by atoms with E-state index in [0.29, 0.717) is 5.92 Å². The van der Waals surface area contributed by atoms with Crippen LogP contribution >= 0.6 is 0 Å². The zero-order valence-electron chi connectivity index (χ0n) is 9.84. The number of pyridine rings is 1. The molecule has 1 fully saturated rings. The summed E-state index contributed by atoms with van der Waals surface area (Å²) in [5.41, 5.74) is 0.853. The largest absolute Gasteiger partial charge is 0.464 e. The van der Waals surface area contributed by atoms with E-state index in [1.54, 1.807) is 12.5 Å². The summed E-state index contributed by atoms with van der Waals surface area (Å²) in [6.07, 6.45) is 4.54. The number of rotatable bonds is 2. The Balaban J connectivity index is 2.06. The summed E-state index contributed by atoms with van der Waals surface area (Å²) in [6, 6.07) is 3.98. The second-order valence-corrected chi connectivity index (χ2v) is 4.68. The topological polar surface area (TPSA) is 49.5 Å². The lowest BCUT2D eigenvalue weighted by Crippen LogP contribution is -2.35. The molecule has 2 aromatic rings. The third-order valence-electron chi connectivity index (χ3n) is 3.70. The van der Waals surface area contributed by atoms with Crippen LogP contribution in [0.15, 0.2) is 29.0 Å². The van der Waals surface area contributed by atoms with Gasteiger partial charge in [0.25, 0.3) is 0 Å². The lowest BCUT2D eigenvalue weighted by atomic mass is 10.0. The summed E-state index contributed by atoms with van der Waals surface area (Å²) in [7, 11) is 0. The molecular formula is C13H16N2O2. The van der Waals surface area contributed by atoms with Gasteiger partial charge in [0.2, 0.25) is 0 Å². The number of fused-ring (bicyclic) bond motifs is 1. The van der Waals surface area contributed by atoms with Crippen molar-refractivity contribution >= 4 is 16.8 Å². The molecule has 1 N–H and O–H groups in total. The van der Waals surface area contributed by atoms with E-state index >= 15 is 0 Å². The predicted octanol–water partition coefficient (Wildman–Crippen LogP) is 2.03. The van der Waals surface area contributed by atoms with Crippen molar-refractivity contribution in [2.45, 2.75) is 19.4 Å². The Labute approximate surface area is 99.9 Å². The van der Waals surface area contributed by atoms with E-state index in [4.69, 9.17) is 4.42 Å². The molecule has 0 aromatic carbocycles. The van der Waals surface area contributed by atoms with Crippen LogP contribution in [0.4, 0.5) is 5.82 Å². The Morgan fingerprint density at radius 1 is 1.53 bits per heavy atom.